The average Bonchev–Trinajstić information content (AvgIpc) is 2.46. The van der Waals surface area contributed by atoms with E-state index in [1.807, 2.05) is 13.8 Å². The zero-order chi connectivity index (χ0) is 13.8. The zero-order valence-electron chi connectivity index (χ0n) is 11.4. The Morgan fingerprint density at radius 1 is 1.26 bits per heavy atom. The highest BCUT2D eigenvalue weighted by molar-refractivity contribution is 7.14. The molecule has 1 N–H and O–H groups in total. The van der Waals surface area contributed by atoms with Gasteiger partial charge in [-0.3, -0.25) is 4.79 Å². The third kappa shape index (κ3) is 3.51. The monoisotopic (exact) mass is 282 g/mol. The summed E-state index contributed by atoms with van der Waals surface area (Å²) in [6.45, 7) is 8.42. The highest BCUT2D eigenvalue weighted by Crippen LogP contribution is 2.17. The van der Waals surface area contributed by atoms with Crippen molar-refractivity contribution in [2.45, 2.75) is 20.8 Å². The van der Waals surface area contributed by atoms with Crippen LogP contribution in [-0.2, 0) is 4.74 Å². The molecule has 1 aliphatic heterocycles. The van der Waals surface area contributed by atoms with Crippen LogP contribution >= 0.6 is 11.3 Å². The van der Waals surface area contributed by atoms with Crippen LogP contribution in [0.5, 0.6) is 0 Å². The molecule has 0 aromatic carbocycles. The van der Waals surface area contributed by atoms with E-state index in [2.05, 4.69) is 20.1 Å². The van der Waals surface area contributed by atoms with E-state index < -0.39 is 0 Å². The molecule has 0 aliphatic carbocycles. The van der Waals surface area contributed by atoms with Crippen LogP contribution in [0.2, 0.25) is 0 Å². The number of hydrogen-bond acceptors (Lipinski definition) is 6. The van der Waals surface area contributed by atoms with Gasteiger partial charge in [0.25, 0.3) is 5.56 Å². The smallest absolute Gasteiger partial charge is 0.268 e. The van der Waals surface area contributed by atoms with Gasteiger partial charge in [-0.2, -0.15) is 0 Å². The highest BCUT2D eigenvalue weighted by atomic mass is 32.1. The van der Waals surface area contributed by atoms with Crippen molar-refractivity contribution in [3.63, 3.8) is 0 Å². The van der Waals surface area contributed by atoms with Crippen molar-refractivity contribution in [1.29, 1.82) is 0 Å². The van der Waals surface area contributed by atoms with E-state index in [-0.39, 0.29) is 5.56 Å². The number of nitrogens with zero attached hydrogens (tertiary/aromatic N) is 3. The Balaban J connectivity index is 2.54. The molecule has 2 heterocycles. The third-order valence-electron chi connectivity index (χ3n) is 2.98. The van der Waals surface area contributed by atoms with Crippen LogP contribution < -0.4 is 10.5 Å². The molecule has 0 amide bonds. The molecule has 104 valence electrons. The van der Waals surface area contributed by atoms with Crippen LogP contribution in [0.15, 0.2) is 4.79 Å². The number of aryl methyl sites for hydroxylation is 2. The van der Waals surface area contributed by atoms with Crippen LogP contribution in [0.3, 0.4) is 0 Å². The van der Waals surface area contributed by atoms with E-state index >= 15 is 0 Å². The number of aromatic nitrogens is 3. The fourth-order valence-electron chi connectivity index (χ4n) is 1.73. The van der Waals surface area contributed by atoms with Crippen molar-refractivity contribution in [2.24, 2.45) is 0 Å². The summed E-state index contributed by atoms with van der Waals surface area (Å²) in [6.07, 6.45) is 0. The van der Waals surface area contributed by atoms with Crippen molar-refractivity contribution in [3.05, 3.63) is 26.6 Å². The van der Waals surface area contributed by atoms with Gasteiger partial charge in [0.2, 0.25) is 5.13 Å². The number of nitrogens with one attached hydrogen (secondary N) is 1. The lowest BCUT2D eigenvalue weighted by Gasteiger charge is -2.26. The first-order chi connectivity index (χ1) is 9.08. The van der Waals surface area contributed by atoms with Crippen LogP contribution in [0, 0.1) is 20.8 Å². The molecule has 0 unspecified atom stereocenters. The zero-order valence-corrected chi connectivity index (χ0v) is 12.2. The number of anilines is 1. The quantitative estimate of drug-likeness (QED) is 0.835. The summed E-state index contributed by atoms with van der Waals surface area (Å²) in [4.78, 5) is 18.4. The van der Waals surface area contributed by atoms with Gasteiger partial charge in [-0.05, 0) is 20.8 Å². The van der Waals surface area contributed by atoms with E-state index in [0.29, 0.717) is 18.8 Å². The van der Waals surface area contributed by atoms with Gasteiger partial charge in [-0.25, -0.2) is 10.1 Å². The van der Waals surface area contributed by atoms with Crippen LogP contribution in [0.1, 0.15) is 16.3 Å². The molecule has 0 bridgehead atoms. The van der Waals surface area contributed by atoms with Crippen LogP contribution in [0.25, 0.3) is 0 Å². The molecule has 0 atom stereocenters. The third-order valence-corrected chi connectivity index (χ3v) is 3.90. The number of rotatable bonds is 1. The minimum absolute atomic E-state index is 0.206. The largest absolute Gasteiger partial charge is 0.378 e. The van der Waals surface area contributed by atoms with Crippen molar-refractivity contribution >= 4 is 16.5 Å². The molecule has 1 fully saturated rings. The second-order valence-corrected chi connectivity index (χ2v) is 5.54. The van der Waals surface area contributed by atoms with Gasteiger partial charge in [0.15, 0.2) is 0 Å². The molecule has 0 spiro atoms. The summed E-state index contributed by atoms with van der Waals surface area (Å²) in [7, 11) is 0. The molecular weight excluding hydrogens is 264 g/mol. The molecule has 7 heteroatoms. The van der Waals surface area contributed by atoms with E-state index in [1.165, 1.54) is 11.3 Å². The minimum atomic E-state index is -0.206. The first-order valence-electron chi connectivity index (χ1n) is 6.19. The number of ether oxygens (including phenoxy) is 1. The average molecular weight is 282 g/mol. The predicted molar refractivity (Wildman–Crippen MR) is 75.4 cm³/mol. The van der Waals surface area contributed by atoms with E-state index in [0.717, 1.165) is 28.9 Å². The molecule has 1 saturated heterocycles. The van der Waals surface area contributed by atoms with Gasteiger partial charge in [0, 0.05) is 24.3 Å². The van der Waals surface area contributed by atoms with Gasteiger partial charge < -0.3 is 9.64 Å². The van der Waals surface area contributed by atoms with Crippen molar-refractivity contribution in [2.75, 3.05) is 31.2 Å². The van der Waals surface area contributed by atoms with Gasteiger partial charge in [0.1, 0.15) is 0 Å². The summed E-state index contributed by atoms with van der Waals surface area (Å²) in [5.74, 6) is 0. The Morgan fingerprint density at radius 3 is 2.63 bits per heavy atom. The maximum atomic E-state index is 11.9. The van der Waals surface area contributed by atoms with Crippen molar-refractivity contribution in [3.8, 4) is 0 Å². The normalized spacial score (nSPS) is 15.2. The second-order valence-electron chi connectivity index (χ2n) is 4.38. The molecule has 0 saturated carbocycles. The predicted octanol–water partition coefficient (Wildman–Crippen LogP) is 1.11. The Labute approximate surface area is 115 Å². The Morgan fingerprint density at radius 2 is 1.95 bits per heavy atom. The highest BCUT2D eigenvalue weighted by Gasteiger charge is 2.13. The van der Waals surface area contributed by atoms with Crippen molar-refractivity contribution in [1.82, 2.24) is 15.2 Å². The lowest BCUT2D eigenvalue weighted by atomic mass is 10.3. The first-order valence-corrected chi connectivity index (χ1v) is 7.01. The molecule has 19 heavy (non-hydrogen) atoms. The Bertz CT molecular complexity index is 560. The molecule has 6 nitrogen and oxygen atoms in total. The molecule has 1 aromatic rings. The molecular formula is C12H18N4O2S. The van der Waals surface area contributed by atoms with Gasteiger partial charge in [-0.1, -0.05) is 11.3 Å². The summed E-state index contributed by atoms with van der Waals surface area (Å²) >= 11 is 1.47. The molecule has 1 aliphatic rings. The summed E-state index contributed by atoms with van der Waals surface area (Å²) in [5, 5.41) is 8.44. The van der Waals surface area contributed by atoms with Crippen LogP contribution in [0.4, 0.5) is 5.13 Å². The lowest BCUT2D eigenvalue weighted by Crippen LogP contribution is -2.36. The Kier molecular flexibility index (Phi) is 4.49. The SMILES string of the molecule is Cc1nc(C)c(C)c(=O)[nH]nc(N2CCOCC2)s1. The topological polar surface area (TPSA) is 71.1 Å². The van der Waals surface area contributed by atoms with Gasteiger partial charge in [-0.15, -0.1) is 5.10 Å². The number of morpholine rings is 1. The van der Waals surface area contributed by atoms with Crippen molar-refractivity contribution < 1.29 is 4.74 Å². The number of aromatic amines is 1. The van der Waals surface area contributed by atoms with E-state index in [9.17, 15) is 4.79 Å². The fraction of sp³-hybridized carbons (Fsp3) is 0.583. The minimum Gasteiger partial charge on any atom is -0.378 e. The second kappa shape index (κ2) is 6.12. The number of hydrogen-bond donors (Lipinski definition) is 1. The molecule has 1 aromatic heterocycles. The van der Waals surface area contributed by atoms with E-state index in [1.54, 1.807) is 6.92 Å². The summed E-state index contributed by atoms with van der Waals surface area (Å²) in [6, 6.07) is 0. The van der Waals surface area contributed by atoms with Gasteiger partial charge >= 0.3 is 0 Å². The standard InChI is InChI=1S/C12H18N4O2S/c1-8-9(2)13-10(3)19-12(15-14-11(8)17)16-4-6-18-7-5-16/h4-7H2,1-3H3,(H,14,17). The fourth-order valence-corrected chi connectivity index (χ4v) is 2.58. The molecule has 0 radical (unpaired) electrons. The Hall–Kier alpha value is -1.47. The number of H-pyrrole nitrogens is 1. The van der Waals surface area contributed by atoms with Crippen LogP contribution in [-0.4, -0.2) is 41.5 Å². The summed E-state index contributed by atoms with van der Waals surface area (Å²) < 4.78 is 5.32. The van der Waals surface area contributed by atoms with E-state index in [4.69, 9.17) is 4.74 Å². The maximum Gasteiger partial charge on any atom is 0.268 e. The van der Waals surface area contributed by atoms with Gasteiger partial charge in [0.05, 0.1) is 18.2 Å². The first kappa shape index (κ1) is 14.0. The lowest BCUT2D eigenvalue weighted by molar-refractivity contribution is 0.122. The summed E-state index contributed by atoms with van der Waals surface area (Å²) in [5.41, 5.74) is 1.11. The molecule has 2 rings (SSSR count). The maximum absolute atomic E-state index is 11.9.